The molecule has 1 N–H and O–H groups in total. The van der Waals surface area contributed by atoms with E-state index < -0.39 is 33.7 Å². The minimum Gasteiger partial charge on any atom is -0.454 e. The number of nitrogens with zero attached hydrogens (tertiary/aromatic N) is 1. The third kappa shape index (κ3) is 4.56. The molecule has 0 radical (unpaired) electrons. The molecule has 0 saturated heterocycles. The van der Waals surface area contributed by atoms with Gasteiger partial charge in [-0.15, -0.1) is 0 Å². The summed E-state index contributed by atoms with van der Waals surface area (Å²) in [6.45, 7) is 1.32. The van der Waals surface area contributed by atoms with E-state index >= 15 is 0 Å². The predicted molar refractivity (Wildman–Crippen MR) is 99.4 cm³/mol. The number of nitrogens with one attached hydrogen (secondary N) is 1. The lowest BCUT2D eigenvalue weighted by atomic mass is 10.1. The van der Waals surface area contributed by atoms with Gasteiger partial charge < -0.3 is 14.8 Å². The summed E-state index contributed by atoms with van der Waals surface area (Å²) < 4.78 is 74.6. The number of carbonyl (C=O) groups is 1. The SMILES string of the molecule is C[C@H](C(=O)Nc1ccc2c(c1)OCO2)N(c1cccc(C(F)(F)F)c1)S(C)(=O)=O. The van der Waals surface area contributed by atoms with Crippen molar-refractivity contribution in [1.29, 1.82) is 0 Å². The van der Waals surface area contributed by atoms with Gasteiger partial charge in [0.2, 0.25) is 22.7 Å². The lowest BCUT2D eigenvalue weighted by Crippen LogP contribution is -2.45. The third-order valence-corrected chi connectivity index (χ3v) is 5.40. The summed E-state index contributed by atoms with van der Waals surface area (Å²) in [5.41, 5.74) is -0.966. The van der Waals surface area contributed by atoms with Gasteiger partial charge in [-0.3, -0.25) is 9.10 Å². The maximum Gasteiger partial charge on any atom is 0.416 e. The van der Waals surface area contributed by atoms with E-state index in [1.54, 1.807) is 6.07 Å². The highest BCUT2D eigenvalue weighted by molar-refractivity contribution is 7.92. The lowest BCUT2D eigenvalue weighted by molar-refractivity contribution is -0.137. The second kappa shape index (κ2) is 7.47. The van der Waals surface area contributed by atoms with E-state index in [1.165, 1.54) is 25.1 Å². The Bertz CT molecular complexity index is 1040. The Balaban J connectivity index is 1.88. The molecule has 2 aromatic carbocycles. The number of sulfonamides is 1. The van der Waals surface area contributed by atoms with Crippen molar-refractivity contribution < 1.29 is 35.9 Å². The molecule has 1 aliphatic rings. The molecular formula is C18H17F3N2O5S. The van der Waals surface area contributed by atoms with Crippen LogP contribution in [0.15, 0.2) is 42.5 Å². The zero-order valence-electron chi connectivity index (χ0n) is 15.4. The van der Waals surface area contributed by atoms with Crippen molar-refractivity contribution in [2.45, 2.75) is 19.1 Å². The fraction of sp³-hybridized carbons (Fsp3) is 0.278. The molecule has 0 fully saturated rings. The molecule has 0 aromatic heterocycles. The van der Waals surface area contributed by atoms with Crippen molar-refractivity contribution in [2.24, 2.45) is 0 Å². The molecule has 7 nitrogen and oxygen atoms in total. The van der Waals surface area contributed by atoms with Gasteiger partial charge in [-0.05, 0) is 37.3 Å². The highest BCUT2D eigenvalue weighted by atomic mass is 32.2. The molecule has 1 amide bonds. The van der Waals surface area contributed by atoms with Gasteiger partial charge in [0.1, 0.15) is 6.04 Å². The number of benzene rings is 2. The number of carbonyl (C=O) groups excluding carboxylic acids is 1. The monoisotopic (exact) mass is 430 g/mol. The standard InChI is InChI=1S/C18H17F3N2O5S/c1-11(17(24)22-13-6-7-15-16(9-13)28-10-27-15)23(29(2,25)26)14-5-3-4-12(8-14)18(19,20)21/h3-9,11H,10H2,1-2H3,(H,22,24)/t11-/m1/s1. The Labute approximate surface area is 165 Å². The van der Waals surface area contributed by atoms with Gasteiger partial charge in [-0.1, -0.05) is 6.07 Å². The van der Waals surface area contributed by atoms with Crippen LogP contribution in [0.4, 0.5) is 24.5 Å². The number of hydrogen-bond acceptors (Lipinski definition) is 5. The fourth-order valence-electron chi connectivity index (χ4n) is 2.85. The molecule has 11 heteroatoms. The van der Waals surface area contributed by atoms with E-state index in [9.17, 15) is 26.4 Å². The number of halogens is 3. The van der Waals surface area contributed by atoms with Gasteiger partial charge >= 0.3 is 6.18 Å². The second-order valence-corrected chi connectivity index (χ2v) is 8.20. The van der Waals surface area contributed by atoms with Crippen LogP contribution < -0.4 is 19.1 Å². The van der Waals surface area contributed by atoms with E-state index in [2.05, 4.69) is 5.32 Å². The first-order valence-electron chi connectivity index (χ1n) is 8.34. The Morgan fingerprint density at radius 2 is 1.83 bits per heavy atom. The van der Waals surface area contributed by atoms with Gasteiger partial charge in [0, 0.05) is 11.8 Å². The molecule has 1 aliphatic heterocycles. The molecule has 0 saturated carbocycles. The van der Waals surface area contributed by atoms with Gasteiger partial charge in [-0.25, -0.2) is 8.42 Å². The van der Waals surface area contributed by atoms with Crippen LogP contribution in [0, 0.1) is 0 Å². The Morgan fingerprint density at radius 3 is 2.48 bits per heavy atom. The van der Waals surface area contributed by atoms with Crippen molar-refractivity contribution in [1.82, 2.24) is 0 Å². The van der Waals surface area contributed by atoms with Crippen molar-refractivity contribution in [3.05, 3.63) is 48.0 Å². The molecule has 29 heavy (non-hydrogen) atoms. The molecule has 156 valence electrons. The molecule has 3 rings (SSSR count). The molecular weight excluding hydrogens is 413 g/mol. The Kier molecular flexibility index (Phi) is 5.35. The first-order chi connectivity index (χ1) is 13.5. The van der Waals surface area contributed by atoms with Gasteiger partial charge in [-0.2, -0.15) is 13.2 Å². The van der Waals surface area contributed by atoms with Crippen LogP contribution in [0.3, 0.4) is 0 Å². The Hall–Kier alpha value is -2.95. The topological polar surface area (TPSA) is 84.9 Å². The average Bonchev–Trinajstić information content (AvgIpc) is 3.08. The number of hydrogen-bond donors (Lipinski definition) is 1. The first-order valence-corrected chi connectivity index (χ1v) is 10.2. The molecule has 0 unspecified atom stereocenters. The van der Waals surface area contributed by atoms with E-state index in [4.69, 9.17) is 9.47 Å². The molecule has 0 spiro atoms. The smallest absolute Gasteiger partial charge is 0.416 e. The van der Waals surface area contributed by atoms with E-state index in [0.717, 1.165) is 18.4 Å². The van der Waals surface area contributed by atoms with Crippen LogP contribution in [0.2, 0.25) is 0 Å². The summed E-state index contributed by atoms with van der Waals surface area (Å²) in [6, 6.07) is 7.07. The van der Waals surface area contributed by atoms with E-state index in [1.807, 2.05) is 0 Å². The number of anilines is 2. The average molecular weight is 430 g/mol. The van der Waals surface area contributed by atoms with Crippen LogP contribution in [0.1, 0.15) is 12.5 Å². The third-order valence-electron chi connectivity index (χ3n) is 4.16. The predicted octanol–water partition coefficient (Wildman–Crippen LogP) is 3.23. The largest absolute Gasteiger partial charge is 0.454 e. The molecule has 1 heterocycles. The van der Waals surface area contributed by atoms with Crippen molar-refractivity contribution in [2.75, 3.05) is 22.7 Å². The fourth-order valence-corrected chi connectivity index (χ4v) is 4.02. The van der Waals surface area contributed by atoms with Crippen LogP contribution in [-0.2, 0) is 21.0 Å². The van der Waals surface area contributed by atoms with Gasteiger partial charge in [0.25, 0.3) is 0 Å². The number of alkyl halides is 3. The summed E-state index contributed by atoms with van der Waals surface area (Å²) >= 11 is 0. The number of rotatable bonds is 5. The summed E-state index contributed by atoms with van der Waals surface area (Å²) in [4.78, 5) is 12.6. The Morgan fingerprint density at radius 1 is 1.14 bits per heavy atom. The van der Waals surface area contributed by atoms with E-state index in [0.29, 0.717) is 27.6 Å². The highest BCUT2D eigenvalue weighted by Gasteiger charge is 2.34. The molecule has 2 aromatic rings. The summed E-state index contributed by atoms with van der Waals surface area (Å²) in [5, 5.41) is 2.54. The normalized spacial score (nSPS) is 14.4. The summed E-state index contributed by atoms with van der Waals surface area (Å²) in [7, 11) is -4.07. The van der Waals surface area contributed by atoms with Crippen molar-refractivity contribution in [3.63, 3.8) is 0 Å². The maximum absolute atomic E-state index is 13.0. The molecule has 0 bridgehead atoms. The zero-order valence-corrected chi connectivity index (χ0v) is 16.2. The zero-order chi connectivity index (χ0) is 21.4. The number of amides is 1. The maximum atomic E-state index is 13.0. The summed E-state index contributed by atoms with van der Waals surface area (Å²) in [6.07, 6.45) is -3.84. The van der Waals surface area contributed by atoms with Crippen molar-refractivity contribution in [3.8, 4) is 11.5 Å². The minimum atomic E-state index is -4.66. The number of ether oxygens (including phenoxy) is 2. The van der Waals surface area contributed by atoms with E-state index in [-0.39, 0.29) is 12.5 Å². The summed E-state index contributed by atoms with van der Waals surface area (Å²) in [5.74, 6) is 0.178. The first kappa shape index (κ1) is 20.8. The van der Waals surface area contributed by atoms with Crippen LogP contribution in [0.25, 0.3) is 0 Å². The van der Waals surface area contributed by atoms with Crippen LogP contribution >= 0.6 is 0 Å². The van der Waals surface area contributed by atoms with Crippen LogP contribution in [0.5, 0.6) is 11.5 Å². The minimum absolute atomic E-state index is 0.0422. The molecule has 0 aliphatic carbocycles. The number of fused-ring (bicyclic) bond motifs is 1. The highest BCUT2D eigenvalue weighted by Crippen LogP contribution is 2.35. The second-order valence-electron chi connectivity index (χ2n) is 6.34. The van der Waals surface area contributed by atoms with Gasteiger partial charge in [0.15, 0.2) is 11.5 Å². The van der Waals surface area contributed by atoms with Crippen molar-refractivity contribution >= 4 is 27.3 Å². The van der Waals surface area contributed by atoms with Crippen LogP contribution in [-0.4, -0.2) is 33.4 Å². The quantitative estimate of drug-likeness (QED) is 0.787. The lowest BCUT2D eigenvalue weighted by Gasteiger charge is -2.28. The van der Waals surface area contributed by atoms with Gasteiger partial charge in [0.05, 0.1) is 17.5 Å². The molecule has 1 atom stereocenters.